The van der Waals surface area contributed by atoms with Gasteiger partial charge in [-0.1, -0.05) is 66.7 Å². The second-order valence-corrected chi connectivity index (χ2v) is 10.5. The number of rotatable bonds is 7. The molecular formula is C27H25N5OS2. The topological polar surface area (TPSA) is 56.1 Å². The second kappa shape index (κ2) is 10.2. The van der Waals surface area contributed by atoms with E-state index in [1.54, 1.807) is 11.3 Å². The monoisotopic (exact) mass is 499 g/mol. The van der Waals surface area contributed by atoms with E-state index < -0.39 is 0 Å². The average molecular weight is 500 g/mol. The average Bonchev–Trinajstić information content (AvgIpc) is 3.70. The first kappa shape index (κ1) is 22.3. The normalized spacial score (nSPS) is 15.5. The lowest BCUT2D eigenvalue weighted by molar-refractivity contribution is 0.0222. The van der Waals surface area contributed by atoms with Gasteiger partial charge in [-0.2, -0.15) is 0 Å². The van der Waals surface area contributed by atoms with Crippen LogP contribution in [-0.2, 0) is 4.74 Å². The molecule has 5 aromatic rings. The number of hydrogen-bond acceptors (Lipinski definition) is 7. The molecule has 2 aromatic carbocycles. The number of morpholine rings is 1. The van der Waals surface area contributed by atoms with E-state index in [9.17, 15) is 0 Å². The summed E-state index contributed by atoms with van der Waals surface area (Å²) in [6.07, 6.45) is 0. The van der Waals surface area contributed by atoms with Gasteiger partial charge in [-0.25, -0.2) is 4.68 Å². The molecule has 0 spiro atoms. The molecule has 1 aliphatic rings. The fourth-order valence-electron chi connectivity index (χ4n) is 4.67. The minimum absolute atomic E-state index is 0.0532. The zero-order valence-electron chi connectivity index (χ0n) is 19.1. The van der Waals surface area contributed by atoms with Crippen molar-refractivity contribution in [2.45, 2.75) is 12.1 Å². The summed E-state index contributed by atoms with van der Waals surface area (Å²) in [7, 11) is 0. The number of aromatic nitrogens is 4. The molecule has 1 fully saturated rings. The molecule has 1 saturated heterocycles. The standard InChI is InChI=1S/C27H25N5OS2/c1-3-8-20(9-4-1)25(21-10-5-2-6-11-21)32-27(28-29-30-32)26(31-15-17-33-18-16-31)24-14-13-23(35-24)22-12-7-19-34-22/h1-14,19,25-26H,15-18H2/t26-/m0/s1. The molecule has 176 valence electrons. The van der Waals surface area contributed by atoms with Crippen molar-refractivity contribution in [3.05, 3.63) is 112 Å². The highest BCUT2D eigenvalue weighted by molar-refractivity contribution is 7.21. The van der Waals surface area contributed by atoms with E-state index in [-0.39, 0.29) is 12.1 Å². The van der Waals surface area contributed by atoms with Crippen molar-refractivity contribution in [3.8, 4) is 9.75 Å². The first-order valence-corrected chi connectivity index (χ1v) is 13.4. The first-order chi connectivity index (χ1) is 17.4. The van der Waals surface area contributed by atoms with Crippen LogP contribution >= 0.6 is 22.7 Å². The number of nitrogens with zero attached hydrogens (tertiary/aromatic N) is 5. The van der Waals surface area contributed by atoms with Crippen LogP contribution in [0, 0.1) is 0 Å². The molecule has 0 unspecified atom stereocenters. The van der Waals surface area contributed by atoms with Gasteiger partial charge in [0, 0.05) is 27.7 Å². The first-order valence-electron chi connectivity index (χ1n) is 11.7. The van der Waals surface area contributed by atoms with E-state index >= 15 is 0 Å². The maximum Gasteiger partial charge on any atom is 0.174 e. The summed E-state index contributed by atoms with van der Waals surface area (Å²) in [6.45, 7) is 3.10. The summed E-state index contributed by atoms with van der Waals surface area (Å²) in [4.78, 5) is 6.25. The fourth-order valence-corrected chi connectivity index (χ4v) is 6.64. The summed E-state index contributed by atoms with van der Waals surface area (Å²) >= 11 is 3.59. The molecule has 0 N–H and O–H groups in total. The third-order valence-corrected chi connectivity index (χ3v) is 8.51. The Balaban J connectivity index is 1.47. The van der Waals surface area contributed by atoms with Crippen molar-refractivity contribution in [2.24, 2.45) is 0 Å². The lowest BCUT2D eigenvalue weighted by atomic mass is 9.98. The molecular weight excluding hydrogens is 474 g/mol. The van der Waals surface area contributed by atoms with Gasteiger partial charge < -0.3 is 4.74 Å². The van der Waals surface area contributed by atoms with Gasteiger partial charge in [0.25, 0.3) is 0 Å². The van der Waals surface area contributed by atoms with Crippen LogP contribution in [0.5, 0.6) is 0 Å². The number of tetrazole rings is 1. The van der Waals surface area contributed by atoms with E-state index in [1.807, 2.05) is 28.2 Å². The molecule has 0 bridgehead atoms. The Morgan fingerprint density at radius 1 is 0.743 bits per heavy atom. The Hall–Kier alpha value is -3.17. The summed E-state index contributed by atoms with van der Waals surface area (Å²) in [5, 5.41) is 15.5. The van der Waals surface area contributed by atoms with Crippen LogP contribution in [0.4, 0.5) is 0 Å². The molecule has 0 amide bonds. The quantitative estimate of drug-likeness (QED) is 0.295. The SMILES string of the molecule is c1ccc(C(c2ccccc2)n2nnnc2[C@H](c2ccc(-c3cccs3)s2)N2CCOCC2)cc1. The molecule has 0 radical (unpaired) electrons. The number of hydrogen-bond donors (Lipinski definition) is 0. The number of ether oxygens (including phenoxy) is 1. The van der Waals surface area contributed by atoms with Gasteiger partial charge in [-0.05, 0) is 45.1 Å². The molecule has 4 heterocycles. The molecule has 6 rings (SSSR count). The summed E-state index contributed by atoms with van der Waals surface area (Å²) < 4.78 is 7.70. The maximum absolute atomic E-state index is 5.69. The molecule has 6 nitrogen and oxygen atoms in total. The molecule has 35 heavy (non-hydrogen) atoms. The van der Waals surface area contributed by atoms with Crippen LogP contribution in [0.1, 0.15) is 33.9 Å². The fraction of sp³-hybridized carbons (Fsp3) is 0.222. The predicted octanol–water partition coefficient (Wildman–Crippen LogP) is 5.52. The van der Waals surface area contributed by atoms with Crippen molar-refractivity contribution in [3.63, 3.8) is 0 Å². The highest BCUT2D eigenvalue weighted by Crippen LogP contribution is 2.39. The Bertz CT molecular complexity index is 1310. The van der Waals surface area contributed by atoms with Crippen molar-refractivity contribution in [1.82, 2.24) is 25.1 Å². The molecule has 8 heteroatoms. The van der Waals surface area contributed by atoms with E-state index in [4.69, 9.17) is 4.74 Å². The third-order valence-electron chi connectivity index (χ3n) is 6.31. The van der Waals surface area contributed by atoms with Crippen LogP contribution in [0.25, 0.3) is 9.75 Å². The molecule has 1 atom stereocenters. The zero-order valence-corrected chi connectivity index (χ0v) is 20.7. The molecule has 3 aromatic heterocycles. The summed E-state index contributed by atoms with van der Waals surface area (Å²) in [5.41, 5.74) is 2.30. The van der Waals surface area contributed by atoms with Gasteiger partial charge in [0.05, 0.1) is 13.2 Å². The van der Waals surface area contributed by atoms with E-state index in [0.717, 1.165) is 30.0 Å². The second-order valence-electron chi connectivity index (χ2n) is 8.44. The van der Waals surface area contributed by atoms with Crippen molar-refractivity contribution >= 4 is 22.7 Å². The predicted molar refractivity (Wildman–Crippen MR) is 140 cm³/mol. The Kier molecular flexibility index (Phi) is 6.51. The number of benzene rings is 2. The third kappa shape index (κ3) is 4.58. The van der Waals surface area contributed by atoms with Gasteiger partial charge in [-0.15, -0.1) is 27.8 Å². The van der Waals surface area contributed by atoms with E-state index in [2.05, 4.69) is 98.6 Å². The highest BCUT2D eigenvalue weighted by Gasteiger charge is 2.33. The largest absolute Gasteiger partial charge is 0.379 e. The Morgan fingerprint density at radius 3 is 2.11 bits per heavy atom. The van der Waals surface area contributed by atoms with Crippen LogP contribution < -0.4 is 0 Å². The van der Waals surface area contributed by atoms with Gasteiger partial charge in [-0.3, -0.25) is 4.90 Å². The van der Waals surface area contributed by atoms with Crippen LogP contribution in [0.3, 0.4) is 0 Å². The van der Waals surface area contributed by atoms with Crippen LogP contribution in [0.15, 0.2) is 90.3 Å². The highest BCUT2D eigenvalue weighted by atomic mass is 32.1. The van der Waals surface area contributed by atoms with Crippen LogP contribution in [0.2, 0.25) is 0 Å². The van der Waals surface area contributed by atoms with Gasteiger partial charge in [0.15, 0.2) is 5.82 Å². The van der Waals surface area contributed by atoms with Crippen molar-refractivity contribution in [1.29, 1.82) is 0 Å². The van der Waals surface area contributed by atoms with Gasteiger partial charge in [0.1, 0.15) is 12.1 Å². The minimum atomic E-state index is -0.123. The zero-order chi connectivity index (χ0) is 23.5. The van der Waals surface area contributed by atoms with Crippen molar-refractivity contribution in [2.75, 3.05) is 26.3 Å². The lowest BCUT2D eigenvalue weighted by Gasteiger charge is -2.34. The molecule has 0 saturated carbocycles. The smallest absolute Gasteiger partial charge is 0.174 e. The Labute approximate surface area is 212 Å². The molecule has 1 aliphatic heterocycles. The Morgan fingerprint density at radius 2 is 1.46 bits per heavy atom. The van der Waals surface area contributed by atoms with Crippen molar-refractivity contribution < 1.29 is 4.74 Å². The number of thiophene rings is 2. The van der Waals surface area contributed by atoms with E-state index in [0.29, 0.717) is 13.2 Å². The molecule has 0 aliphatic carbocycles. The van der Waals surface area contributed by atoms with Gasteiger partial charge in [0.2, 0.25) is 0 Å². The lowest BCUT2D eigenvalue weighted by Crippen LogP contribution is -2.40. The van der Waals surface area contributed by atoms with Gasteiger partial charge >= 0.3 is 0 Å². The minimum Gasteiger partial charge on any atom is -0.379 e. The van der Waals surface area contributed by atoms with Crippen LogP contribution in [-0.4, -0.2) is 51.4 Å². The summed E-state index contributed by atoms with van der Waals surface area (Å²) in [6, 6.07) is 29.5. The summed E-state index contributed by atoms with van der Waals surface area (Å²) in [5.74, 6) is 0.851. The van der Waals surface area contributed by atoms with E-state index in [1.165, 1.54) is 14.6 Å². The maximum atomic E-state index is 5.69.